The van der Waals surface area contributed by atoms with Crippen molar-refractivity contribution in [2.75, 3.05) is 33.4 Å². The molecule has 3 heteroatoms. The third kappa shape index (κ3) is 4.96. The van der Waals surface area contributed by atoms with E-state index in [0.717, 1.165) is 32.1 Å². The number of nitrogens with two attached hydrogens (primary N) is 1. The van der Waals surface area contributed by atoms with Crippen LogP contribution in [-0.2, 0) is 4.74 Å². The highest BCUT2D eigenvalue weighted by molar-refractivity contribution is 4.72. The van der Waals surface area contributed by atoms with Gasteiger partial charge < -0.3 is 15.4 Å². The Morgan fingerprint density at radius 3 is 2.87 bits per heavy atom. The maximum absolute atomic E-state index is 5.53. The molecule has 0 saturated carbocycles. The van der Waals surface area contributed by atoms with Crippen molar-refractivity contribution >= 4 is 0 Å². The molecule has 0 aromatic rings. The molecule has 0 radical (unpaired) electrons. The molecular weight excluding hydrogens is 188 g/mol. The normalized spacial score (nSPS) is 23.6. The Hall–Kier alpha value is -0.120. The van der Waals surface area contributed by atoms with E-state index in [1.807, 2.05) is 0 Å². The van der Waals surface area contributed by atoms with Crippen LogP contribution in [-0.4, -0.2) is 44.3 Å². The molecule has 2 N–H and O–H groups in total. The van der Waals surface area contributed by atoms with Crippen LogP contribution >= 0.6 is 0 Å². The Labute approximate surface area is 94.0 Å². The lowest BCUT2D eigenvalue weighted by Crippen LogP contribution is -2.32. The van der Waals surface area contributed by atoms with Crippen molar-refractivity contribution in [2.24, 2.45) is 11.7 Å². The van der Waals surface area contributed by atoms with Gasteiger partial charge in [0.05, 0.1) is 6.61 Å². The summed E-state index contributed by atoms with van der Waals surface area (Å²) >= 11 is 0. The summed E-state index contributed by atoms with van der Waals surface area (Å²) in [7, 11) is 2.22. The summed E-state index contributed by atoms with van der Waals surface area (Å²) < 4.78 is 5.39. The molecule has 0 spiro atoms. The van der Waals surface area contributed by atoms with E-state index in [9.17, 15) is 0 Å². The van der Waals surface area contributed by atoms with Gasteiger partial charge in [0.25, 0.3) is 0 Å². The number of hydrogen-bond acceptors (Lipinski definition) is 3. The van der Waals surface area contributed by atoms with E-state index in [4.69, 9.17) is 10.5 Å². The topological polar surface area (TPSA) is 38.5 Å². The van der Waals surface area contributed by atoms with Crippen LogP contribution in [0.3, 0.4) is 0 Å². The first kappa shape index (κ1) is 12.9. The van der Waals surface area contributed by atoms with Gasteiger partial charge in [-0.1, -0.05) is 6.92 Å². The highest BCUT2D eigenvalue weighted by Gasteiger charge is 2.19. The molecule has 2 unspecified atom stereocenters. The van der Waals surface area contributed by atoms with E-state index in [1.54, 1.807) is 0 Å². The van der Waals surface area contributed by atoms with E-state index in [-0.39, 0.29) is 0 Å². The summed E-state index contributed by atoms with van der Waals surface area (Å²) in [4.78, 5) is 2.45. The first-order valence-corrected chi connectivity index (χ1v) is 6.22. The first-order chi connectivity index (χ1) is 7.24. The zero-order valence-electron chi connectivity index (χ0n) is 10.2. The van der Waals surface area contributed by atoms with Gasteiger partial charge in [-0.2, -0.15) is 0 Å². The third-order valence-electron chi connectivity index (χ3n) is 3.40. The molecular formula is C12H26N2O. The zero-order valence-corrected chi connectivity index (χ0v) is 10.2. The maximum atomic E-state index is 5.53. The van der Waals surface area contributed by atoms with Crippen LogP contribution in [0, 0.1) is 5.92 Å². The van der Waals surface area contributed by atoms with Crippen molar-refractivity contribution in [3.63, 3.8) is 0 Å². The van der Waals surface area contributed by atoms with Crippen LogP contribution in [0.1, 0.15) is 32.6 Å². The van der Waals surface area contributed by atoms with Crippen LogP contribution in [0.5, 0.6) is 0 Å². The van der Waals surface area contributed by atoms with Crippen molar-refractivity contribution in [1.82, 2.24) is 4.90 Å². The van der Waals surface area contributed by atoms with Gasteiger partial charge in [-0.3, -0.25) is 0 Å². The van der Waals surface area contributed by atoms with E-state index < -0.39 is 0 Å². The van der Waals surface area contributed by atoms with Crippen LogP contribution < -0.4 is 5.73 Å². The van der Waals surface area contributed by atoms with Gasteiger partial charge in [0.1, 0.15) is 0 Å². The van der Waals surface area contributed by atoms with Gasteiger partial charge in [-0.15, -0.1) is 0 Å². The van der Waals surface area contributed by atoms with Crippen molar-refractivity contribution < 1.29 is 4.74 Å². The SMILES string of the molecule is CC(CCN)CCCN(C)C1CCOC1. The molecule has 3 nitrogen and oxygen atoms in total. The van der Waals surface area contributed by atoms with Gasteiger partial charge in [0, 0.05) is 12.6 Å². The monoisotopic (exact) mass is 214 g/mol. The molecule has 1 saturated heterocycles. The van der Waals surface area contributed by atoms with Crippen molar-refractivity contribution in [1.29, 1.82) is 0 Å². The molecule has 1 rings (SSSR count). The Balaban J connectivity index is 2.03. The number of hydrogen-bond donors (Lipinski definition) is 1. The lowest BCUT2D eigenvalue weighted by atomic mass is 10.0. The minimum atomic E-state index is 0.662. The summed E-state index contributed by atoms with van der Waals surface area (Å²) in [6, 6.07) is 0.662. The van der Waals surface area contributed by atoms with Gasteiger partial charge in [0.15, 0.2) is 0 Å². The second-order valence-electron chi connectivity index (χ2n) is 4.82. The minimum absolute atomic E-state index is 0.662. The highest BCUT2D eigenvalue weighted by Crippen LogP contribution is 2.13. The molecule has 1 fully saturated rings. The predicted molar refractivity (Wildman–Crippen MR) is 63.9 cm³/mol. The molecule has 1 aliphatic heterocycles. The van der Waals surface area contributed by atoms with E-state index in [2.05, 4.69) is 18.9 Å². The fraction of sp³-hybridized carbons (Fsp3) is 1.00. The smallest absolute Gasteiger partial charge is 0.0622 e. The highest BCUT2D eigenvalue weighted by atomic mass is 16.5. The van der Waals surface area contributed by atoms with Crippen LogP contribution in [0.15, 0.2) is 0 Å². The van der Waals surface area contributed by atoms with Crippen molar-refractivity contribution in [3.05, 3.63) is 0 Å². The van der Waals surface area contributed by atoms with Crippen LogP contribution in [0.25, 0.3) is 0 Å². The number of likely N-dealkylation sites (N-methyl/N-ethyl adjacent to an activating group) is 1. The molecule has 0 bridgehead atoms. The zero-order chi connectivity index (χ0) is 11.1. The lowest BCUT2D eigenvalue weighted by molar-refractivity contribution is 0.157. The number of rotatable bonds is 7. The molecule has 90 valence electrons. The molecule has 0 aliphatic carbocycles. The second-order valence-corrected chi connectivity index (χ2v) is 4.82. The number of nitrogens with zero attached hydrogens (tertiary/aromatic N) is 1. The van der Waals surface area contributed by atoms with E-state index in [0.29, 0.717) is 6.04 Å². The summed E-state index contributed by atoms with van der Waals surface area (Å²) in [5.74, 6) is 0.781. The first-order valence-electron chi connectivity index (χ1n) is 6.22. The quantitative estimate of drug-likeness (QED) is 0.697. The van der Waals surface area contributed by atoms with Crippen LogP contribution in [0.2, 0.25) is 0 Å². The standard InChI is InChI=1S/C12H26N2O/c1-11(5-7-13)4-3-8-14(2)12-6-9-15-10-12/h11-12H,3-10,13H2,1-2H3. The van der Waals surface area contributed by atoms with E-state index in [1.165, 1.54) is 25.8 Å². The van der Waals surface area contributed by atoms with Crippen molar-refractivity contribution in [3.8, 4) is 0 Å². The van der Waals surface area contributed by atoms with Crippen molar-refractivity contribution in [2.45, 2.75) is 38.6 Å². The van der Waals surface area contributed by atoms with Crippen LogP contribution in [0.4, 0.5) is 0 Å². The lowest BCUT2D eigenvalue weighted by Gasteiger charge is -2.23. The Morgan fingerprint density at radius 2 is 2.27 bits per heavy atom. The average Bonchev–Trinajstić information content (AvgIpc) is 2.70. The molecule has 1 aliphatic rings. The Morgan fingerprint density at radius 1 is 1.47 bits per heavy atom. The Bertz CT molecular complexity index is 158. The Kier molecular flexibility index (Phi) is 6.22. The number of ether oxygens (including phenoxy) is 1. The fourth-order valence-electron chi connectivity index (χ4n) is 2.17. The maximum Gasteiger partial charge on any atom is 0.0622 e. The molecule has 1 heterocycles. The third-order valence-corrected chi connectivity index (χ3v) is 3.40. The van der Waals surface area contributed by atoms with Gasteiger partial charge >= 0.3 is 0 Å². The second kappa shape index (κ2) is 7.20. The summed E-state index contributed by atoms with van der Waals surface area (Å²) in [6.07, 6.45) is 4.95. The largest absolute Gasteiger partial charge is 0.380 e. The van der Waals surface area contributed by atoms with E-state index >= 15 is 0 Å². The average molecular weight is 214 g/mol. The predicted octanol–water partition coefficient (Wildman–Crippen LogP) is 1.47. The fourth-order valence-corrected chi connectivity index (χ4v) is 2.17. The summed E-state index contributed by atoms with van der Waals surface area (Å²) in [5.41, 5.74) is 5.53. The summed E-state index contributed by atoms with van der Waals surface area (Å²) in [6.45, 7) is 6.19. The molecule has 2 atom stereocenters. The molecule has 0 amide bonds. The molecule has 0 aromatic carbocycles. The van der Waals surface area contributed by atoms with Gasteiger partial charge in [0.2, 0.25) is 0 Å². The van der Waals surface area contributed by atoms with Gasteiger partial charge in [-0.25, -0.2) is 0 Å². The summed E-state index contributed by atoms with van der Waals surface area (Å²) in [5, 5.41) is 0. The minimum Gasteiger partial charge on any atom is -0.380 e. The molecule has 15 heavy (non-hydrogen) atoms. The molecule has 0 aromatic heterocycles. The van der Waals surface area contributed by atoms with Gasteiger partial charge in [-0.05, 0) is 51.7 Å².